The quantitative estimate of drug-likeness (QED) is 0.628. The Labute approximate surface area is 108 Å². The predicted octanol–water partition coefficient (Wildman–Crippen LogP) is 1.32. The van der Waals surface area contributed by atoms with Crippen LogP contribution in [-0.2, 0) is 4.79 Å². The maximum absolute atomic E-state index is 11.1. The molecule has 0 bridgehead atoms. The summed E-state index contributed by atoms with van der Waals surface area (Å²) in [5, 5.41) is 22.3. The Morgan fingerprint density at radius 1 is 1.37 bits per heavy atom. The molecule has 0 unspecified atom stereocenters. The van der Waals surface area contributed by atoms with E-state index in [0.29, 0.717) is 0 Å². The molecule has 0 aliphatic rings. The zero-order valence-corrected chi connectivity index (χ0v) is 10.6. The first-order valence-corrected chi connectivity index (χ1v) is 5.24. The van der Waals surface area contributed by atoms with Gasteiger partial charge in [-0.15, -0.1) is 0 Å². The third-order valence-electron chi connectivity index (χ3n) is 2.33. The second-order valence-corrected chi connectivity index (χ2v) is 4.02. The van der Waals surface area contributed by atoms with Gasteiger partial charge in [-0.3, -0.25) is 14.9 Å². The molecule has 19 heavy (non-hydrogen) atoms. The van der Waals surface area contributed by atoms with Gasteiger partial charge in [-0.1, -0.05) is 0 Å². The lowest BCUT2D eigenvalue weighted by molar-refractivity contribution is -0.384. The molecule has 0 aliphatic heterocycles. The van der Waals surface area contributed by atoms with Crippen molar-refractivity contribution in [2.24, 2.45) is 0 Å². The zero-order chi connectivity index (χ0) is 14.7. The van der Waals surface area contributed by atoms with Gasteiger partial charge in [0.1, 0.15) is 5.69 Å². The number of nitro groups is 1. The third-order valence-corrected chi connectivity index (χ3v) is 2.33. The lowest BCUT2D eigenvalue weighted by Crippen LogP contribution is -2.15. The van der Waals surface area contributed by atoms with Crippen LogP contribution in [0.25, 0.3) is 0 Å². The van der Waals surface area contributed by atoms with Crippen molar-refractivity contribution in [3.8, 4) is 0 Å². The molecule has 2 N–H and O–H groups in total. The number of benzene rings is 1. The van der Waals surface area contributed by atoms with Crippen LogP contribution >= 0.6 is 0 Å². The molecule has 8 nitrogen and oxygen atoms in total. The molecule has 102 valence electrons. The van der Waals surface area contributed by atoms with Crippen molar-refractivity contribution >= 4 is 28.9 Å². The number of nitrogens with one attached hydrogen (secondary N) is 1. The zero-order valence-electron chi connectivity index (χ0n) is 10.6. The summed E-state index contributed by atoms with van der Waals surface area (Å²) in [6, 6.07) is 2.20. The summed E-state index contributed by atoms with van der Waals surface area (Å²) in [7, 11) is 3.17. The van der Waals surface area contributed by atoms with Crippen molar-refractivity contribution < 1.29 is 19.6 Å². The highest BCUT2D eigenvalue weighted by atomic mass is 16.6. The summed E-state index contributed by atoms with van der Waals surface area (Å²) < 4.78 is 0. The highest BCUT2D eigenvalue weighted by Gasteiger charge is 2.23. The van der Waals surface area contributed by atoms with Gasteiger partial charge in [0.15, 0.2) is 0 Å². The molecular formula is C11H13N3O5. The van der Waals surface area contributed by atoms with Gasteiger partial charge in [0, 0.05) is 27.1 Å². The van der Waals surface area contributed by atoms with E-state index in [2.05, 4.69) is 5.32 Å². The summed E-state index contributed by atoms with van der Waals surface area (Å²) in [5.41, 5.74) is -0.433. The number of amides is 1. The van der Waals surface area contributed by atoms with E-state index in [1.165, 1.54) is 17.9 Å². The van der Waals surface area contributed by atoms with Crippen LogP contribution in [0.2, 0.25) is 0 Å². The number of carbonyl (C=O) groups excluding carboxylic acids is 1. The van der Waals surface area contributed by atoms with Crippen molar-refractivity contribution in [3.05, 3.63) is 27.8 Å². The first-order chi connectivity index (χ1) is 8.73. The SMILES string of the molecule is CC(=O)Nc1cc(N(C)C)c([N+](=O)[O-])cc1C(=O)O. The minimum atomic E-state index is -1.35. The second-order valence-electron chi connectivity index (χ2n) is 4.02. The number of hydrogen-bond donors (Lipinski definition) is 2. The van der Waals surface area contributed by atoms with Gasteiger partial charge < -0.3 is 15.3 Å². The van der Waals surface area contributed by atoms with Crippen LogP contribution in [0.5, 0.6) is 0 Å². The Morgan fingerprint density at radius 2 is 1.95 bits per heavy atom. The van der Waals surface area contributed by atoms with E-state index >= 15 is 0 Å². The van der Waals surface area contributed by atoms with Crippen LogP contribution in [0.1, 0.15) is 17.3 Å². The largest absolute Gasteiger partial charge is 0.478 e. The third kappa shape index (κ3) is 3.18. The molecule has 1 rings (SSSR count). The van der Waals surface area contributed by atoms with Gasteiger partial charge in [0.2, 0.25) is 5.91 Å². The number of carboxylic acid groups (broad SMARTS) is 1. The van der Waals surface area contributed by atoms with Crippen LogP contribution in [0.15, 0.2) is 12.1 Å². The summed E-state index contributed by atoms with van der Waals surface area (Å²) >= 11 is 0. The molecule has 1 aromatic rings. The predicted molar refractivity (Wildman–Crippen MR) is 68.7 cm³/mol. The molecule has 1 amide bonds. The van der Waals surface area contributed by atoms with Gasteiger partial charge in [0.05, 0.1) is 16.2 Å². The van der Waals surface area contributed by atoms with E-state index in [0.717, 1.165) is 6.07 Å². The van der Waals surface area contributed by atoms with Crippen LogP contribution < -0.4 is 10.2 Å². The fourth-order valence-corrected chi connectivity index (χ4v) is 1.55. The van der Waals surface area contributed by atoms with E-state index in [1.54, 1.807) is 14.1 Å². The van der Waals surface area contributed by atoms with Crippen molar-refractivity contribution in [2.75, 3.05) is 24.3 Å². The second kappa shape index (κ2) is 5.34. The minimum Gasteiger partial charge on any atom is -0.478 e. The standard InChI is InChI=1S/C11H13N3O5/c1-6(15)12-8-5-9(13(2)3)10(14(18)19)4-7(8)11(16)17/h4-5H,1-3H3,(H,12,15)(H,16,17). The normalized spacial score (nSPS) is 9.84. The monoisotopic (exact) mass is 267 g/mol. The van der Waals surface area contributed by atoms with Crippen molar-refractivity contribution in [3.63, 3.8) is 0 Å². The molecule has 0 saturated carbocycles. The Morgan fingerprint density at radius 3 is 2.32 bits per heavy atom. The van der Waals surface area contributed by atoms with E-state index in [4.69, 9.17) is 5.11 Å². The lowest BCUT2D eigenvalue weighted by Gasteiger charge is -2.15. The summed E-state index contributed by atoms with van der Waals surface area (Å²) in [6.07, 6.45) is 0. The van der Waals surface area contributed by atoms with Crippen LogP contribution in [0, 0.1) is 10.1 Å². The van der Waals surface area contributed by atoms with Crippen LogP contribution in [-0.4, -0.2) is 36.0 Å². The van der Waals surface area contributed by atoms with Crippen molar-refractivity contribution in [1.29, 1.82) is 0 Å². The summed E-state index contributed by atoms with van der Waals surface area (Å²) in [4.78, 5) is 33.8. The Hall–Kier alpha value is -2.64. The molecule has 0 heterocycles. The first-order valence-electron chi connectivity index (χ1n) is 5.24. The number of aromatic carboxylic acids is 1. The molecule has 0 aliphatic carbocycles. The highest BCUT2D eigenvalue weighted by molar-refractivity contribution is 6.02. The number of nitro benzene ring substituents is 1. The summed E-state index contributed by atoms with van der Waals surface area (Å²) in [6.45, 7) is 1.22. The highest BCUT2D eigenvalue weighted by Crippen LogP contribution is 2.33. The summed E-state index contributed by atoms with van der Waals surface area (Å²) in [5.74, 6) is -1.81. The van der Waals surface area contributed by atoms with Gasteiger partial charge in [-0.25, -0.2) is 4.79 Å². The van der Waals surface area contributed by atoms with E-state index in [9.17, 15) is 19.7 Å². The molecule has 0 fully saturated rings. The first kappa shape index (κ1) is 14.4. The molecule has 0 aromatic heterocycles. The number of carboxylic acids is 1. The van der Waals surface area contributed by atoms with Crippen LogP contribution in [0.4, 0.5) is 17.1 Å². The topological polar surface area (TPSA) is 113 Å². The van der Waals surface area contributed by atoms with Crippen molar-refractivity contribution in [2.45, 2.75) is 6.92 Å². The Bertz CT molecular complexity index is 554. The maximum atomic E-state index is 11.1. The minimum absolute atomic E-state index is 0.0225. The average molecular weight is 267 g/mol. The molecule has 0 saturated heterocycles. The van der Waals surface area contributed by atoms with Crippen LogP contribution in [0.3, 0.4) is 0 Å². The number of hydrogen-bond acceptors (Lipinski definition) is 5. The molecule has 0 radical (unpaired) electrons. The molecular weight excluding hydrogens is 254 g/mol. The van der Waals surface area contributed by atoms with Crippen molar-refractivity contribution in [1.82, 2.24) is 0 Å². The molecule has 0 atom stereocenters. The van der Waals surface area contributed by atoms with Gasteiger partial charge >= 0.3 is 5.97 Å². The van der Waals surface area contributed by atoms with Gasteiger partial charge in [-0.05, 0) is 6.07 Å². The fraction of sp³-hybridized carbons (Fsp3) is 0.273. The average Bonchev–Trinajstić information content (AvgIpc) is 2.26. The van der Waals surface area contributed by atoms with E-state index in [1.807, 2.05) is 0 Å². The van der Waals surface area contributed by atoms with E-state index < -0.39 is 16.8 Å². The number of nitrogens with zero attached hydrogens (tertiary/aromatic N) is 2. The fourth-order valence-electron chi connectivity index (χ4n) is 1.55. The van der Waals surface area contributed by atoms with Gasteiger partial charge in [0.25, 0.3) is 5.69 Å². The Kier molecular flexibility index (Phi) is 4.05. The van der Waals surface area contributed by atoms with Gasteiger partial charge in [-0.2, -0.15) is 0 Å². The van der Waals surface area contributed by atoms with E-state index in [-0.39, 0.29) is 22.6 Å². The molecule has 0 spiro atoms. The smallest absolute Gasteiger partial charge is 0.338 e. The molecule has 1 aromatic carbocycles. The Balaban J connectivity index is 3.54. The molecule has 8 heteroatoms. The lowest BCUT2D eigenvalue weighted by atomic mass is 10.1. The number of rotatable bonds is 4. The maximum Gasteiger partial charge on any atom is 0.338 e. The number of carbonyl (C=O) groups is 2. The number of anilines is 2.